The highest BCUT2D eigenvalue weighted by molar-refractivity contribution is 5.97. The molecule has 0 unspecified atom stereocenters. The first-order valence-corrected chi connectivity index (χ1v) is 10.0. The Morgan fingerprint density at radius 1 is 1.00 bits per heavy atom. The minimum absolute atomic E-state index is 0.00524. The van der Waals surface area contributed by atoms with Crippen LogP contribution in [-0.2, 0) is 11.3 Å². The number of rotatable bonds is 10. The van der Waals surface area contributed by atoms with Crippen molar-refractivity contribution in [3.63, 3.8) is 0 Å². The number of amides is 3. The van der Waals surface area contributed by atoms with Crippen molar-refractivity contribution in [1.82, 2.24) is 15.5 Å². The van der Waals surface area contributed by atoms with Gasteiger partial charge in [0.2, 0.25) is 5.91 Å². The maximum absolute atomic E-state index is 12.4. The van der Waals surface area contributed by atoms with Gasteiger partial charge < -0.3 is 20.3 Å². The molecule has 0 aromatic heterocycles. The molecule has 7 heteroatoms. The second-order valence-corrected chi connectivity index (χ2v) is 6.81. The minimum atomic E-state index is -0.212. The molecule has 0 aliphatic rings. The highest BCUT2D eigenvalue weighted by Gasteiger charge is 2.13. The van der Waals surface area contributed by atoms with Gasteiger partial charge >= 0.3 is 0 Å². The van der Waals surface area contributed by atoms with Gasteiger partial charge in [-0.05, 0) is 43.2 Å². The molecule has 0 saturated carbocycles. The number of hydrogen-bond donors (Lipinski definition) is 2. The Balaban J connectivity index is 1.76. The van der Waals surface area contributed by atoms with E-state index in [4.69, 9.17) is 4.74 Å². The summed E-state index contributed by atoms with van der Waals surface area (Å²) in [7, 11) is 3.33. The molecule has 0 aliphatic heterocycles. The zero-order valence-corrected chi connectivity index (χ0v) is 17.7. The second kappa shape index (κ2) is 11.6. The zero-order valence-electron chi connectivity index (χ0n) is 17.7. The summed E-state index contributed by atoms with van der Waals surface area (Å²) >= 11 is 0. The van der Waals surface area contributed by atoms with Crippen molar-refractivity contribution in [2.75, 3.05) is 27.2 Å². The smallest absolute Gasteiger partial charge is 0.255 e. The third kappa shape index (κ3) is 6.62. The van der Waals surface area contributed by atoms with E-state index in [0.29, 0.717) is 49.4 Å². The Morgan fingerprint density at radius 2 is 1.70 bits per heavy atom. The first-order chi connectivity index (χ1) is 14.5. The van der Waals surface area contributed by atoms with Crippen LogP contribution >= 0.6 is 0 Å². The average Bonchev–Trinajstić information content (AvgIpc) is 2.77. The molecule has 3 amide bonds. The van der Waals surface area contributed by atoms with Gasteiger partial charge in [-0.15, -0.1) is 0 Å². The largest absolute Gasteiger partial charge is 0.493 e. The lowest BCUT2D eigenvalue weighted by Gasteiger charge is -2.17. The fourth-order valence-corrected chi connectivity index (χ4v) is 2.93. The van der Waals surface area contributed by atoms with E-state index in [2.05, 4.69) is 10.6 Å². The van der Waals surface area contributed by atoms with Gasteiger partial charge in [0, 0.05) is 39.2 Å². The van der Waals surface area contributed by atoms with Crippen LogP contribution in [-0.4, -0.2) is 49.9 Å². The number of carbonyl (C=O) groups excluding carboxylic acids is 3. The van der Waals surface area contributed by atoms with Crippen LogP contribution in [0.2, 0.25) is 0 Å². The Kier molecular flexibility index (Phi) is 8.87. The molecule has 0 spiro atoms. The van der Waals surface area contributed by atoms with Crippen LogP contribution in [0.5, 0.6) is 5.75 Å². The number of nitrogens with zero attached hydrogens (tertiary/aromatic N) is 1. The molecule has 2 aromatic carbocycles. The molecule has 160 valence electrons. The number of carbonyl (C=O) groups is 3. The van der Waals surface area contributed by atoms with E-state index < -0.39 is 0 Å². The quantitative estimate of drug-likeness (QED) is 0.589. The van der Waals surface area contributed by atoms with Gasteiger partial charge in [-0.1, -0.05) is 24.3 Å². The third-order valence-electron chi connectivity index (χ3n) is 4.57. The van der Waals surface area contributed by atoms with E-state index >= 15 is 0 Å². The van der Waals surface area contributed by atoms with Gasteiger partial charge in [0.15, 0.2) is 0 Å². The van der Waals surface area contributed by atoms with Crippen LogP contribution < -0.4 is 15.4 Å². The predicted octanol–water partition coefficient (Wildman–Crippen LogP) is 2.61. The van der Waals surface area contributed by atoms with E-state index in [1.165, 1.54) is 0 Å². The molecule has 0 heterocycles. The number of ether oxygens (including phenoxy) is 1. The van der Waals surface area contributed by atoms with Crippen LogP contribution in [0.25, 0.3) is 0 Å². The van der Waals surface area contributed by atoms with Crippen molar-refractivity contribution in [2.24, 2.45) is 0 Å². The third-order valence-corrected chi connectivity index (χ3v) is 4.57. The molecule has 0 atom stereocenters. The van der Waals surface area contributed by atoms with Crippen LogP contribution in [0.15, 0.2) is 48.5 Å². The lowest BCUT2D eigenvalue weighted by molar-refractivity contribution is -0.130. The van der Waals surface area contributed by atoms with Gasteiger partial charge in [0.1, 0.15) is 5.75 Å². The van der Waals surface area contributed by atoms with Crippen molar-refractivity contribution < 1.29 is 19.1 Å². The molecular weight excluding hydrogens is 382 g/mol. The predicted molar refractivity (Wildman–Crippen MR) is 115 cm³/mol. The van der Waals surface area contributed by atoms with Gasteiger partial charge in [-0.3, -0.25) is 14.4 Å². The van der Waals surface area contributed by atoms with E-state index in [0.717, 1.165) is 5.56 Å². The van der Waals surface area contributed by atoms with Gasteiger partial charge in [-0.25, -0.2) is 0 Å². The minimum Gasteiger partial charge on any atom is -0.493 e. The summed E-state index contributed by atoms with van der Waals surface area (Å²) in [5, 5.41) is 5.41. The van der Waals surface area contributed by atoms with Crippen LogP contribution in [0, 0.1) is 0 Å². The van der Waals surface area contributed by atoms with Crippen molar-refractivity contribution in [2.45, 2.75) is 26.3 Å². The highest BCUT2D eigenvalue weighted by atomic mass is 16.5. The molecule has 2 aromatic rings. The van der Waals surface area contributed by atoms with Crippen molar-refractivity contribution >= 4 is 17.7 Å². The van der Waals surface area contributed by atoms with E-state index in [-0.39, 0.29) is 17.7 Å². The van der Waals surface area contributed by atoms with E-state index in [9.17, 15) is 14.4 Å². The molecule has 2 N–H and O–H groups in total. The summed E-state index contributed by atoms with van der Waals surface area (Å²) in [4.78, 5) is 37.9. The molecule has 0 aliphatic carbocycles. The summed E-state index contributed by atoms with van der Waals surface area (Å²) < 4.78 is 5.47. The average molecular weight is 412 g/mol. The molecule has 0 fully saturated rings. The van der Waals surface area contributed by atoms with Crippen molar-refractivity contribution in [1.29, 1.82) is 0 Å². The van der Waals surface area contributed by atoms with E-state index in [1.54, 1.807) is 49.3 Å². The lowest BCUT2D eigenvalue weighted by Crippen LogP contribution is -2.29. The summed E-state index contributed by atoms with van der Waals surface area (Å²) in [5.41, 5.74) is 2.01. The van der Waals surface area contributed by atoms with E-state index in [1.807, 2.05) is 25.1 Å². The molecular formula is C23H29N3O4. The molecule has 0 saturated heterocycles. The Bertz CT molecular complexity index is 865. The molecule has 0 bridgehead atoms. The Hall–Kier alpha value is -3.35. The molecule has 2 rings (SSSR count). The standard InChI is InChI=1S/C23H29N3O4/c1-4-30-20-9-6-5-8-19(20)23(29)25-15-7-10-21(27)26(3)16-17-11-13-18(14-12-17)22(28)24-2/h5-6,8-9,11-14H,4,7,10,15-16H2,1-3H3,(H,24,28)(H,25,29). The second-order valence-electron chi connectivity index (χ2n) is 6.81. The van der Waals surface area contributed by atoms with Crippen molar-refractivity contribution in [3.05, 3.63) is 65.2 Å². The van der Waals surface area contributed by atoms with Gasteiger partial charge in [-0.2, -0.15) is 0 Å². The summed E-state index contributed by atoms with van der Waals surface area (Å²) in [5.74, 6) is 0.193. The van der Waals surface area contributed by atoms with Gasteiger partial charge in [0.05, 0.1) is 12.2 Å². The monoisotopic (exact) mass is 411 g/mol. The first kappa shape index (κ1) is 22.9. The van der Waals surface area contributed by atoms with Crippen LogP contribution in [0.3, 0.4) is 0 Å². The molecule has 0 radical (unpaired) electrons. The van der Waals surface area contributed by atoms with Crippen LogP contribution in [0.4, 0.5) is 0 Å². The number of nitrogens with one attached hydrogen (secondary N) is 2. The maximum atomic E-state index is 12.4. The maximum Gasteiger partial charge on any atom is 0.255 e. The SMILES string of the molecule is CCOc1ccccc1C(=O)NCCCC(=O)N(C)Cc1ccc(C(=O)NC)cc1. The number of benzene rings is 2. The fourth-order valence-electron chi connectivity index (χ4n) is 2.93. The fraction of sp³-hybridized carbons (Fsp3) is 0.348. The van der Waals surface area contributed by atoms with Crippen LogP contribution in [0.1, 0.15) is 46.0 Å². The van der Waals surface area contributed by atoms with Crippen molar-refractivity contribution in [3.8, 4) is 5.75 Å². The highest BCUT2D eigenvalue weighted by Crippen LogP contribution is 2.17. The topological polar surface area (TPSA) is 87.7 Å². The first-order valence-electron chi connectivity index (χ1n) is 10.0. The Labute approximate surface area is 177 Å². The normalized spacial score (nSPS) is 10.2. The zero-order chi connectivity index (χ0) is 21.9. The summed E-state index contributed by atoms with van der Waals surface area (Å²) in [6, 6.07) is 14.2. The summed E-state index contributed by atoms with van der Waals surface area (Å²) in [6.07, 6.45) is 0.877. The Morgan fingerprint density at radius 3 is 2.37 bits per heavy atom. The lowest BCUT2D eigenvalue weighted by atomic mass is 10.1. The number of hydrogen-bond acceptors (Lipinski definition) is 4. The molecule has 7 nitrogen and oxygen atoms in total. The molecule has 30 heavy (non-hydrogen) atoms. The van der Waals surface area contributed by atoms with Gasteiger partial charge in [0.25, 0.3) is 11.8 Å². The summed E-state index contributed by atoms with van der Waals surface area (Å²) in [6.45, 7) is 3.22. The number of para-hydroxylation sites is 1.